The molecule has 0 aliphatic heterocycles. The van der Waals surface area contributed by atoms with Crippen LogP contribution in [0.15, 0.2) is 36.7 Å². The Morgan fingerprint density at radius 3 is 2.78 bits per heavy atom. The summed E-state index contributed by atoms with van der Waals surface area (Å²) < 4.78 is 11.0. The summed E-state index contributed by atoms with van der Waals surface area (Å²) in [4.78, 5) is 20.3. The lowest BCUT2D eigenvalue weighted by Crippen LogP contribution is -2.40. The number of hydrogen-bond donors (Lipinski definition) is 1. The number of hydrogen-bond acceptors (Lipinski definition) is 6. The third-order valence-electron chi connectivity index (χ3n) is 4.59. The first-order valence-corrected chi connectivity index (χ1v) is 8.98. The fourth-order valence-corrected chi connectivity index (χ4v) is 3.22. The molecule has 1 N–H and O–H groups in total. The first-order chi connectivity index (χ1) is 13.2. The van der Waals surface area contributed by atoms with E-state index in [1.165, 1.54) is 12.4 Å². The number of nitriles is 1. The Bertz CT molecular complexity index is 826. The van der Waals surface area contributed by atoms with Gasteiger partial charge in [-0.25, -0.2) is 9.97 Å². The molecular formula is C20H22N4O3. The van der Waals surface area contributed by atoms with E-state index in [1.54, 1.807) is 7.11 Å². The van der Waals surface area contributed by atoms with Crippen molar-refractivity contribution in [2.75, 3.05) is 7.11 Å². The van der Waals surface area contributed by atoms with E-state index in [4.69, 9.17) is 14.7 Å². The van der Waals surface area contributed by atoms with E-state index < -0.39 is 0 Å². The van der Waals surface area contributed by atoms with Crippen LogP contribution < -0.4 is 14.8 Å². The van der Waals surface area contributed by atoms with E-state index in [0.29, 0.717) is 6.42 Å². The van der Waals surface area contributed by atoms with Gasteiger partial charge in [-0.05, 0) is 43.4 Å². The molecule has 0 spiro atoms. The second-order valence-electron chi connectivity index (χ2n) is 6.51. The molecule has 0 bridgehead atoms. The number of methoxy groups -OCH3 is 1. The molecule has 7 nitrogen and oxygen atoms in total. The third kappa shape index (κ3) is 5.17. The monoisotopic (exact) mass is 366 g/mol. The minimum atomic E-state index is -0.0136. The predicted octanol–water partition coefficient (Wildman–Crippen LogP) is 2.41. The predicted molar refractivity (Wildman–Crippen MR) is 98.3 cm³/mol. The molecule has 1 aliphatic rings. The maximum absolute atomic E-state index is 12.3. The van der Waals surface area contributed by atoms with Crippen molar-refractivity contribution in [1.82, 2.24) is 15.3 Å². The largest absolute Gasteiger partial charge is 0.497 e. The first-order valence-electron chi connectivity index (χ1n) is 8.98. The first kappa shape index (κ1) is 18.6. The van der Waals surface area contributed by atoms with Crippen LogP contribution in [0.25, 0.3) is 0 Å². The van der Waals surface area contributed by atoms with E-state index >= 15 is 0 Å². The van der Waals surface area contributed by atoms with Crippen molar-refractivity contribution < 1.29 is 14.3 Å². The topological polar surface area (TPSA) is 97.1 Å². The minimum Gasteiger partial charge on any atom is -0.497 e. The van der Waals surface area contributed by atoms with Crippen LogP contribution >= 0.6 is 0 Å². The SMILES string of the molecule is COc1cccc(CC(=O)NC2CCC(Oc3nccnc3C#N)CC2)c1. The number of aromatic nitrogens is 2. The fourth-order valence-electron chi connectivity index (χ4n) is 3.22. The highest BCUT2D eigenvalue weighted by atomic mass is 16.5. The standard InChI is InChI=1S/C20H22N4O3/c1-26-17-4-2-3-14(11-17)12-19(25)24-15-5-7-16(8-6-15)27-20-18(13-21)22-9-10-23-20/h2-4,9-11,15-16H,5-8,12H2,1H3,(H,24,25). The second kappa shape index (κ2) is 8.99. The molecule has 1 aliphatic carbocycles. The molecule has 0 atom stereocenters. The summed E-state index contributed by atoms with van der Waals surface area (Å²) in [5.41, 5.74) is 1.13. The van der Waals surface area contributed by atoms with Crippen molar-refractivity contribution in [3.05, 3.63) is 47.9 Å². The molecule has 27 heavy (non-hydrogen) atoms. The van der Waals surface area contributed by atoms with Crippen molar-refractivity contribution >= 4 is 5.91 Å². The number of amides is 1. The van der Waals surface area contributed by atoms with Gasteiger partial charge in [-0.2, -0.15) is 5.26 Å². The van der Waals surface area contributed by atoms with Crippen molar-refractivity contribution in [3.8, 4) is 17.7 Å². The average molecular weight is 366 g/mol. The van der Waals surface area contributed by atoms with Crippen LogP contribution in [0.2, 0.25) is 0 Å². The summed E-state index contributed by atoms with van der Waals surface area (Å²) in [7, 11) is 1.61. The van der Waals surface area contributed by atoms with Gasteiger partial charge in [0.05, 0.1) is 13.5 Å². The lowest BCUT2D eigenvalue weighted by atomic mass is 9.92. The third-order valence-corrected chi connectivity index (χ3v) is 4.59. The van der Waals surface area contributed by atoms with E-state index in [2.05, 4.69) is 15.3 Å². The van der Waals surface area contributed by atoms with Gasteiger partial charge in [0.1, 0.15) is 17.9 Å². The van der Waals surface area contributed by atoms with Crippen LogP contribution in [0.1, 0.15) is 36.9 Å². The van der Waals surface area contributed by atoms with Gasteiger partial charge >= 0.3 is 0 Å². The zero-order chi connectivity index (χ0) is 19.1. The van der Waals surface area contributed by atoms with Crippen LogP contribution in [0, 0.1) is 11.3 Å². The fraction of sp³-hybridized carbons (Fsp3) is 0.400. The highest BCUT2D eigenvalue weighted by Crippen LogP contribution is 2.24. The minimum absolute atomic E-state index is 0.00770. The molecule has 0 radical (unpaired) electrons. The number of carbonyl (C=O) groups is 1. The van der Waals surface area contributed by atoms with Gasteiger partial charge in [0.2, 0.25) is 11.6 Å². The number of nitrogens with one attached hydrogen (secondary N) is 1. The van der Waals surface area contributed by atoms with Gasteiger partial charge < -0.3 is 14.8 Å². The average Bonchev–Trinajstić information content (AvgIpc) is 2.70. The molecule has 3 rings (SSSR count). The Labute approximate surface area is 158 Å². The second-order valence-corrected chi connectivity index (χ2v) is 6.51. The van der Waals surface area contributed by atoms with Gasteiger partial charge in [-0.3, -0.25) is 4.79 Å². The number of ether oxygens (including phenoxy) is 2. The molecule has 1 amide bonds. The number of benzene rings is 1. The van der Waals surface area contributed by atoms with E-state index in [0.717, 1.165) is 37.0 Å². The number of rotatable bonds is 6. The summed E-state index contributed by atoms with van der Waals surface area (Å²) in [5, 5.41) is 12.2. The summed E-state index contributed by atoms with van der Waals surface area (Å²) in [6.45, 7) is 0. The Balaban J connectivity index is 1.46. The molecule has 1 saturated carbocycles. The van der Waals surface area contributed by atoms with Crippen molar-refractivity contribution in [2.45, 2.75) is 44.2 Å². The van der Waals surface area contributed by atoms with Crippen molar-refractivity contribution in [1.29, 1.82) is 5.26 Å². The van der Waals surface area contributed by atoms with Crippen LogP contribution in [-0.4, -0.2) is 35.1 Å². The maximum atomic E-state index is 12.3. The smallest absolute Gasteiger partial charge is 0.251 e. The summed E-state index contributed by atoms with van der Waals surface area (Å²) >= 11 is 0. The van der Waals surface area contributed by atoms with Gasteiger partial charge in [-0.1, -0.05) is 12.1 Å². The molecule has 1 fully saturated rings. The Hall–Kier alpha value is -3.14. The van der Waals surface area contributed by atoms with Gasteiger partial charge in [0.15, 0.2) is 0 Å². The van der Waals surface area contributed by atoms with E-state index in [9.17, 15) is 4.79 Å². The van der Waals surface area contributed by atoms with Gasteiger partial charge in [-0.15, -0.1) is 0 Å². The maximum Gasteiger partial charge on any atom is 0.251 e. The van der Waals surface area contributed by atoms with Crippen molar-refractivity contribution in [2.24, 2.45) is 0 Å². The van der Waals surface area contributed by atoms with E-state index in [-0.39, 0.29) is 29.6 Å². The Kier molecular flexibility index (Phi) is 6.21. The van der Waals surface area contributed by atoms with Crippen LogP contribution in [0.5, 0.6) is 11.6 Å². The number of carbonyl (C=O) groups excluding carboxylic acids is 1. The van der Waals surface area contributed by atoms with Crippen molar-refractivity contribution in [3.63, 3.8) is 0 Å². The zero-order valence-electron chi connectivity index (χ0n) is 15.2. The van der Waals surface area contributed by atoms with Crippen LogP contribution in [-0.2, 0) is 11.2 Å². The van der Waals surface area contributed by atoms with Gasteiger partial charge in [0, 0.05) is 18.4 Å². The summed E-state index contributed by atoms with van der Waals surface area (Å²) in [6, 6.07) is 9.66. The van der Waals surface area contributed by atoms with E-state index in [1.807, 2.05) is 30.3 Å². The molecule has 0 unspecified atom stereocenters. The molecule has 0 saturated heterocycles. The Morgan fingerprint density at radius 1 is 1.26 bits per heavy atom. The molecule has 1 heterocycles. The van der Waals surface area contributed by atoms with Crippen LogP contribution in [0.3, 0.4) is 0 Å². The molecule has 2 aromatic rings. The molecule has 140 valence electrons. The van der Waals surface area contributed by atoms with Gasteiger partial charge in [0.25, 0.3) is 5.88 Å². The molecule has 7 heteroatoms. The number of nitrogens with zero attached hydrogens (tertiary/aromatic N) is 3. The Morgan fingerprint density at radius 2 is 2.04 bits per heavy atom. The lowest BCUT2D eigenvalue weighted by molar-refractivity contribution is -0.121. The highest BCUT2D eigenvalue weighted by molar-refractivity contribution is 5.79. The normalized spacial score (nSPS) is 19.0. The molecule has 1 aromatic heterocycles. The highest BCUT2D eigenvalue weighted by Gasteiger charge is 2.24. The van der Waals surface area contributed by atoms with Crippen LogP contribution in [0.4, 0.5) is 0 Å². The lowest BCUT2D eigenvalue weighted by Gasteiger charge is -2.29. The quantitative estimate of drug-likeness (QED) is 0.843. The summed E-state index contributed by atoms with van der Waals surface area (Å²) in [5.74, 6) is 1.04. The zero-order valence-corrected chi connectivity index (χ0v) is 15.2. The molecule has 1 aromatic carbocycles. The summed E-state index contributed by atoms with van der Waals surface area (Å²) in [6.07, 6.45) is 6.56. The molecular weight excluding hydrogens is 344 g/mol.